The number of ether oxygens (including phenoxy) is 1. The highest BCUT2D eigenvalue weighted by Crippen LogP contribution is 2.29. The summed E-state index contributed by atoms with van der Waals surface area (Å²) in [6.45, 7) is 11.8. The minimum absolute atomic E-state index is 0.171. The maximum atomic E-state index is 9.87. The Balaban J connectivity index is 2.16. The van der Waals surface area contributed by atoms with Crippen LogP contribution in [0, 0.1) is 11.8 Å². The lowest BCUT2D eigenvalue weighted by Gasteiger charge is -2.33. The molecule has 1 aliphatic rings. The van der Waals surface area contributed by atoms with Gasteiger partial charge in [0, 0.05) is 12.6 Å². The van der Waals surface area contributed by atoms with Crippen molar-refractivity contribution in [1.82, 2.24) is 5.32 Å². The lowest BCUT2D eigenvalue weighted by Crippen LogP contribution is -2.41. The highest BCUT2D eigenvalue weighted by molar-refractivity contribution is 4.80. The van der Waals surface area contributed by atoms with Crippen LogP contribution in [0.4, 0.5) is 0 Å². The first-order valence-corrected chi connectivity index (χ1v) is 7.33. The molecule has 4 unspecified atom stereocenters. The Morgan fingerprint density at radius 2 is 1.89 bits per heavy atom. The Hall–Kier alpha value is -0.120. The molecular weight excluding hydrogens is 226 g/mol. The van der Waals surface area contributed by atoms with Gasteiger partial charge in [0.2, 0.25) is 0 Å². The highest BCUT2D eigenvalue weighted by atomic mass is 16.5. The molecule has 0 aromatic heterocycles. The second kappa shape index (κ2) is 6.88. The topological polar surface area (TPSA) is 41.5 Å². The Labute approximate surface area is 112 Å². The third-order valence-electron chi connectivity index (χ3n) is 3.95. The summed E-state index contributed by atoms with van der Waals surface area (Å²) in [7, 11) is 0. The summed E-state index contributed by atoms with van der Waals surface area (Å²) in [5.41, 5.74) is -0.171. The van der Waals surface area contributed by atoms with E-state index in [-0.39, 0.29) is 5.60 Å². The summed E-state index contributed by atoms with van der Waals surface area (Å²) < 4.78 is 5.58. The first-order valence-electron chi connectivity index (χ1n) is 7.33. The van der Waals surface area contributed by atoms with Crippen molar-refractivity contribution < 1.29 is 9.84 Å². The van der Waals surface area contributed by atoms with Crippen LogP contribution in [0.1, 0.15) is 53.9 Å². The molecule has 0 spiro atoms. The fourth-order valence-corrected chi connectivity index (χ4v) is 2.44. The molecule has 0 amide bonds. The van der Waals surface area contributed by atoms with Gasteiger partial charge in [0.1, 0.15) is 0 Å². The van der Waals surface area contributed by atoms with Crippen molar-refractivity contribution in [2.45, 2.75) is 71.6 Å². The number of hydrogen-bond acceptors (Lipinski definition) is 3. The van der Waals surface area contributed by atoms with Crippen LogP contribution in [0.3, 0.4) is 0 Å². The summed E-state index contributed by atoms with van der Waals surface area (Å²) in [4.78, 5) is 0. The summed E-state index contributed by atoms with van der Waals surface area (Å²) >= 11 is 0. The maximum absolute atomic E-state index is 9.87. The third kappa shape index (κ3) is 6.17. The summed E-state index contributed by atoms with van der Waals surface area (Å²) in [5.74, 6) is 1.64. The molecule has 0 aromatic carbocycles. The van der Waals surface area contributed by atoms with Gasteiger partial charge in [-0.2, -0.15) is 0 Å². The molecule has 18 heavy (non-hydrogen) atoms. The van der Waals surface area contributed by atoms with Gasteiger partial charge in [0.05, 0.1) is 18.3 Å². The average Bonchev–Trinajstić information content (AvgIpc) is 2.27. The highest BCUT2D eigenvalue weighted by Gasteiger charge is 2.24. The predicted molar refractivity (Wildman–Crippen MR) is 75.7 cm³/mol. The van der Waals surface area contributed by atoms with Gasteiger partial charge in [0.25, 0.3) is 0 Å². The van der Waals surface area contributed by atoms with Crippen LogP contribution in [0.2, 0.25) is 0 Å². The van der Waals surface area contributed by atoms with Crippen molar-refractivity contribution in [2.24, 2.45) is 11.8 Å². The largest absolute Gasteiger partial charge is 0.389 e. The minimum Gasteiger partial charge on any atom is -0.389 e. The van der Waals surface area contributed by atoms with Crippen LogP contribution in [0.5, 0.6) is 0 Å². The third-order valence-corrected chi connectivity index (χ3v) is 3.95. The molecule has 108 valence electrons. The SMILES string of the molecule is CC1CCC(NCC(O)COC(C)(C)C)CC1C. The molecule has 4 atom stereocenters. The van der Waals surface area contributed by atoms with Crippen molar-refractivity contribution >= 4 is 0 Å². The Kier molecular flexibility index (Phi) is 6.09. The number of nitrogens with one attached hydrogen (secondary N) is 1. The van der Waals surface area contributed by atoms with Crippen LogP contribution in [0.25, 0.3) is 0 Å². The fraction of sp³-hybridized carbons (Fsp3) is 1.00. The van der Waals surface area contributed by atoms with Crippen LogP contribution in [0.15, 0.2) is 0 Å². The number of hydrogen-bond donors (Lipinski definition) is 2. The minimum atomic E-state index is -0.404. The number of aliphatic hydroxyl groups is 1. The van der Waals surface area contributed by atoms with Crippen molar-refractivity contribution in [3.05, 3.63) is 0 Å². The first kappa shape index (κ1) is 15.9. The maximum Gasteiger partial charge on any atom is 0.0898 e. The van der Waals surface area contributed by atoms with E-state index in [1.54, 1.807) is 0 Å². The van der Waals surface area contributed by atoms with Crippen LogP contribution >= 0.6 is 0 Å². The Bertz CT molecular complexity index is 237. The number of rotatable bonds is 5. The molecule has 0 aromatic rings. The summed E-state index contributed by atoms with van der Waals surface area (Å²) in [6.07, 6.45) is 3.36. The molecule has 1 saturated carbocycles. The van der Waals surface area contributed by atoms with Gasteiger partial charge in [0.15, 0.2) is 0 Å². The molecule has 0 saturated heterocycles. The molecular formula is C15H31NO2. The molecule has 1 rings (SSSR count). The molecule has 0 bridgehead atoms. The van der Waals surface area contributed by atoms with E-state index in [1.165, 1.54) is 19.3 Å². The zero-order chi connectivity index (χ0) is 13.8. The van der Waals surface area contributed by atoms with Crippen LogP contribution in [-0.2, 0) is 4.74 Å². The quantitative estimate of drug-likeness (QED) is 0.795. The van der Waals surface area contributed by atoms with Gasteiger partial charge in [-0.25, -0.2) is 0 Å². The van der Waals surface area contributed by atoms with Crippen molar-refractivity contribution in [3.63, 3.8) is 0 Å². The second-order valence-electron chi connectivity index (χ2n) is 6.95. The molecule has 0 radical (unpaired) electrons. The van der Waals surface area contributed by atoms with Gasteiger partial charge in [-0.05, 0) is 51.9 Å². The zero-order valence-electron chi connectivity index (χ0n) is 12.7. The monoisotopic (exact) mass is 257 g/mol. The average molecular weight is 257 g/mol. The van der Waals surface area contributed by atoms with Crippen LogP contribution < -0.4 is 5.32 Å². The Morgan fingerprint density at radius 1 is 1.22 bits per heavy atom. The van der Waals surface area contributed by atoms with E-state index in [2.05, 4.69) is 19.2 Å². The zero-order valence-corrected chi connectivity index (χ0v) is 12.7. The lowest BCUT2D eigenvalue weighted by atomic mass is 9.79. The van der Waals surface area contributed by atoms with Gasteiger partial charge < -0.3 is 15.2 Å². The first-order chi connectivity index (χ1) is 8.28. The smallest absolute Gasteiger partial charge is 0.0898 e. The van der Waals surface area contributed by atoms with Gasteiger partial charge in [-0.15, -0.1) is 0 Å². The van der Waals surface area contributed by atoms with Crippen molar-refractivity contribution in [3.8, 4) is 0 Å². The van der Waals surface area contributed by atoms with E-state index >= 15 is 0 Å². The van der Waals surface area contributed by atoms with E-state index < -0.39 is 6.10 Å². The van der Waals surface area contributed by atoms with E-state index in [1.807, 2.05) is 20.8 Å². The lowest BCUT2D eigenvalue weighted by molar-refractivity contribution is -0.0487. The summed E-state index contributed by atoms with van der Waals surface area (Å²) in [6, 6.07) is 0.570. The predicted octanol–water partition coefficient (Wildman–Crippen LogP) is 2.58. The Morgan fingerprint density at radius 3 is 2.44 bits per heavy atom. The molecule has 3 nitrogen and oxygen atoms in total. The number of aliphatic hydroxyl groups excluding tert-OH is 1. The van der Waals surface area contributed by atoms with Gasteiger partial charge in [-0.1, -0.05) is 13.8 Å². The van der Waals surface area contributed by atoms with Crippen molar-refractivity contribution in [1.29, 1.82) is 0 Å². The fourth-order valence-electron chi connectivity index (χ4n) is 2.44. The molecule has 0 heterocycles. The van der Waals surface area contributed by atoms with Crippen molar-refractivity contribution in [2.75, 3.05) is 13.2 Å². The van der Waals surface area contributed by atoms with Crippen LogP contribution in [-0.4, -0.2) is 36.0 Å². The van der Waals surface area contributed by atoms with E-state index in [9.17, 15) is 5.11 Å². The molecule has 1 fully saturated rings. The second-order valence-corrected chi connectivity index (χ2v) is 6.95. The molecule has 1 aliphatic carbocycles. The van der Waals surface area contributed by atoms with Gasteiger partial charge >= 0.3 is 0 Å². The summed E-state index contributed by atoms with van der Waals surface area (Å²) in [5, 5.41) is 13.4. The normalized spacial score (nSPS) is 31.3. The van der Waals surface area contributed by atoms with E-state index in [0.29, 0.717) is 19.2 Å². The van der Waals surface area contributed by atoms with Gasteiger partial charge in [-0.3, -0.25) is 0 Å². The molecule has 3 heteroatoms. The van der Waals surface area contributed by atoms with E-state index in [0.717, 1.165) is 11.8 Å². The molecule has 0 aliphatic heterocycles. The molecule has 2 N–H and O–H groups in total. The standard InChI is InChI=1S/C15H31NO2/c1-11-6-7-13(8-12(11)2)16-9-14(17)10-18-15(3,4)5/h11-14,16-17H,6-10H2,1-5H3. The van der Waals surface area contributed by atoms with E-state index in [4.69, 9.17) is 4.74 Å².